The van der Waals surface area contributed by atoms with Crippen molar-refractivity contribution in [3.63, 3.8) is 0 Å². The zero-order valence-corrected chi connectivity index (χ0v) is 24.0. The zero-order chi connectivity index (χ0) is 28.6. The number of rotatable bonds is 10. The lowest BCUT2D eigenvalue weighted by molar-refractivity contribution is 0.427. The number of hydrogen-bond acceptors (Lipinski definition) is 8. The van der Waals surface area contributed by atoms with Crippen molar-refractivity contribution in [3.05, 3.63) is 72.8 Å². The van der Waals surface area contributed by atoms with E-state index in [0.29, 0.717) is 10.8 Å². The Labute approximate surface area is 229 Å². The largest absolute Gasteiger partial charge is 0.377 e. The summed E-state index contributed by atoms with van der Waals surface area (Å²) in [5.74, 6) is 0. The molecule has 0 atom stereocenters. The van der Waals surface area contributed by atoms with Crippen LogP contribution in [0.25, 0.3) is 21.5 Å². The first-order valence-electron chi connectivity index (χ1n) is 12.2. The Hall–Kier alpha value is -3.26. The highest BCUT2D eigenvalue weighted by molar-refractivity contribution is 7.90. The maximum atomic E-state index is 13.3. The molecule has 0 heterocycles. The topological polar surface area (TPSA) is 151 Å². The van der Waals surface area contributed by atoms with Crippen LogP contribution in [0.3, 0.4) is 0 Å². The normalized spacial score (nSPS) is 12.7. The molecule has 0 aliphatic heterocycles. The van der Waals surface area contributed by atoms with Gasteiger partial charge in [0.15, 0.2) is 0 Å². The van der Waals surface area contributed by atoms with Gasteiger partial charge in [-0.2, -0.15) is 0 Å². The molecule has 4 aromatic rings. The molecule has 4 aromatic carbocycles. The number of nitrogens with zero attached hydrogens (tertiary/aromatic N) is 2. The zero-order valence-electron chi connectivity index (χ0n) is 22.3. The molecule has 4 rings (SSSR count). The molecule has 0 unspecified atom stereocenters. The van der Waals surface area contributed by atoms with E-state index in [-0.39, 0.29) is 9.79 Å². The van der Waals surface area contributed by atoms with E-state index >= 15 is 0 Å². The summed E-state index contributed by atoms with van der Waals surface area (Å²) in [5.41, 5.74) is 12.3. The highest BCUT2D eigenvalue weighted by Gasteiger charge is 2.28. The number of nitrogens with two attached hydrogens (primary N) is 2. The van der Waals surface area contributed by atoms with Gasteiger partial charge in [-0.3, -0.25) is 0 Å². The van der Waals surface area contributed by atoms with E-state index < -0.39 is 38.8 Å². The lowest BCUT2D eigenvalue weighted by atomic mass is 10.1. The van der Waals surface area contributed by atoms with Crippen molar-refractivity contribution in [2.24, 2.45) is 11.5 Å². The third kappa shape index (κ3) is 6.01. The SMILES string of the molecule is CN(C)c1cccc2c(S(=O)(=O)NCC(N)(N)CNS(=O)(=O)c3cccc4c(N(C)C)cccc34)cccc12. The molecule has 0 aliphatic rings. The third-order valence-electron chi connectivity index (χ3n) is 6.44. The molecule has 0 aliphatic carbocycles. The van der Waals surface area contributed by atoms with Gasteiger partial charge in [0.25, 0.3) is 0 Å². The summed E-state index contributed by atoms with van der Waals surface area (Å²) in [6.07, 6.45) is 0. The van der Waals surface area contributed by atoms with Gasteiger partial charge in [0.1, 0.15) is 0 Å². The van der Waals surface area contributed by atoms with E-state index in [1.54, 1.807) is 36.4 Å². The van der Waals surface area contributed by atoms with Crippen molar-refractivity contribution >= 4 is 53.0 Å². The fraction of sp³-hybridized carbons (Fsp3) is 0.259. The van der Waals surface area contributed by atoms with E-state index in [1.165, 1.54) is 12.1 Å². The summed E-state index contributed by atoms with van der Waals surface area (Å²) in [5, 5.41) is 2.64. The third-order valence-corrected chi connectivity index (χ3v) is 9.36. The predicted molar refractivity (Wildman–Crippen MR) is 158 cm³/mol. The van der Waals surface area contributed by atoms with Gasteiger partial charge in [-0.1, -0.05) is 48.5 Å². The van der Waals surface area contributed by atoms with Gasteiger partial charge in [0.05, 0.1) is 15.5 Å². The molecule has 0 amide bonds. The molecule has 0 spiro atoms. The van der Waals surface area contributed by atoms with Gasteiger partial charge in [-0.05, 0) is 24.3 Å². The molecular formula is C27H34N6O4S2. The minimum Gasteiger partial charge on any atom is -0.377 e. The van der Waals surface area contributed by atoms with E-state index in [9.17, 15) is 16.8 Å². The van der Waals surface area contributed by atoms with Crippen molar-refractivity contribution in [2.75, 3.05) is 51.1 Å². The molecular weight excluding hydrogens is 536 g/mol. The lowest BCUT2D eigenvalue weighted by Crippen LogP contribution is -2.63. The number of fused-ring (bicyclic) bond motifs is 2. The van der Waals surface area contributed by atoms with E-state index in [2.05, 4.69) is 9.44 Å². The quantitative estimate of drug-likeness (QED) is 0.211. The van der Waals surface area contributed by atoms with Crippen molar-refractivity contribution < 1.29 is 16.8 Å². The minimum absolute atomic E-state index is 0.0764. The molecule has 6 N–H and O–H groups in total. The number of anilines is 2. The van der Waals surface area contributed by atoms with Crippen LogP contribution < -0.4 is 30.7 Å². The van der Waals surface area contributed by atoms with Crippen molar-refractivity contribution in [1.82, 2.24) is 9.44 Å². The summed E-state index contributed by atoms with van der Waals surface area (Å²) in [6, 6.07) is 20.9. The second-order valence-corrected chi connectivity index (χ2v) is 13.4. The van der Waals surface area contributed by atoms with Crippen LogP contribution in [0.5, 0.6) is 0 Å². The monoisotopic (exact) mass is 570 g/mol. The first-order valence-corrected chi connectivity index (χ1v) is 15.2. The van der Waals surface area contributed by atoms with Gasteiger partial charge in [-0.25, -0.2) is 26.3 Å². The Bertz CT molecular complexity index is 1610. The predicted octanol–water partition coefficient (Wildman–Crippen LogP) is 2.00. The van der Waals surface area contributed by atoms with Gasteiger partial charge in [-0.15, -0.1) is 0 Å². The summed E-state index contributed by atoms with van der Waals surface area (Å²) >= 11 is 0. The fourth-order valence-corrected chi connectivity index (χ4v) is 7.13. The molecule has 0 aromatic heterocycles. The average Bonchev–Trinajstić information content (AvgIpc) is 2.89. The van der Waals surface area contributed by atoms with Crippen molar-refractivity contribution in [3.8, 4) is 0 Å². The molecule has 0 radical (unpaired) electrons. The first kappa shape index (κ1) is 28.7. The van der Waals surface area contributed by atoms with Crippen LogP contribution in [0.15, 0.2) is 82.6 Å². The Morgan fingerprint density at radius 3 is 1.28 bits per heavy atom. The second kappa shape index (κ2) is 10.7. The Morgan fingerprint density at radius 2 is 0.923 bits per heavy atom. The molecule has 0 saturated carbocycles. The van der Waals surface area contributed by atoms with Crippen LogP contribution >= 0.6 is 0 Å². The van der Waals surface area contributed by atoms with Crippen molar-refractivity contribution in [1.29, 1.82) is 0 Å². The summed E-state index contributed by atoms with van der Waals surface area (Å²) in [7, 11) is -0.518. The molecule has 0 saturated heterocycles. The molecule has 10 nitrogen and oxygen atoms in total. The van der Waals surface area contributed by atoms with Gasteiger partial charge in [0, 0.05) is 74.2 Å². The van der Waals surface area contributed by atoms with Crippen LogP contribution in [0, 0.1) is 0 Å². The Balaban J connectivity index is 1.53. The van der Waals surface area contributed by atoms with E-state index in [1.807, 2.05) is 62.3 Å². The van der Waals surface area contributed by atoms with E-state index in [0.717, 1.165) is 22.1 Å². The Morgan fingerprint density at radius 1 is 0.590 bits per heavy atom. The smallest absolute Gasteiger partial charge is 0.241 e. The highest BCUT2D eigenvalue weighted by atomic mass is 32.2. The Kier molecular flexibility index (Phi) is 7.90. The van der Waals surface area contributed by atoms with Crippen LogP contribution in [-0.4, -0.2) is 63.8 Å². The summed E-state index contributed by atoms with van der Waals surface area (Å²) in [6.45, 7) is -0.802. The van der Waals surface area contributed by atoms with Gasteiger partial charge < -0.3 is 21.3 Å². The number of hydrogen-bond donors (Lipinski definition) is 4. The standard InChI is InChI=1S/C27H34N6O4S2/c1-32(2)23-13-5-11-21-19(23)9-7-15-25(21)38(34,35)30-17-27(28,29)18-31-39(36,37)26-16-8-10-20-22(26)12-6-14-24(20)33(3)4/h5-16,30-31H,17-18,28-29H2,1-4H3. The van der Waals surface area contributed by atoms with Gasteiger partial charge >= 0.3 is 0 Å². The molecule has 0 fully saturated rings. The van der Waals surface area contributed by atoms with Gasteiger partial charge in [0.2, 0.25) is 20.0 Å². The fourth-order valence-electron chi connectivity index (χ4n) is 4.45. The lowest BCUT2D eigenvalue weighted by Gasteiger charge is -2.25. The number of sulfonamides is 2. The molecule has 208 valence electrons. The number of nitrogens with one attached hydrogen (secondary N) is 2. The van der Waals surface area contributed by atoms with Crippen LogP contribution in [0.2, 0.25) is 0 Å². The highest BCUT2D eigenvalue weighted by Crippen LogP contribution is 2.31. The van der Waals surface area contributed by atoms with E-state index in [4.69, 9.17) is 11.5 Å². The maximum absolute atomic E-state index is 13.3. The molecule has 0 bridgehead atoms. The van der Waals surface area contributed by atoms with Crippen LogP contribution in [0.4, 0.5) is 11.4 Å². The maximum Gasteiger partial charge on any atom is 0.241 e. The summed E-state index contributed by atoms with van der Waals surface area (Å²) in [4.78, 5) is 3.96. The number of benzene rings is 4. The van der Waals surface area contributed by atoms with Crippen molar-refractivity contribution in [2.45, 2.75) is 15.5 Å². The average molecular weight is 571 g/mol. The molecule has 12 heteroatoms. The minimum atomic E-state index is -4.02. The first-order chi connectivity index (χ1) is 18.2. The van der Waals surface area contributed by atoms with Crippen LogP contribution in [-0.2, 0) is 20.0 Å². The van der Waals surface area contributed by atoms with Crippen LogP contribution in [0.1, 0.15) is 0 Å². The summed E-state index contributed by atoms with van der Waals surface area (Å²) < 4.78 is 57.9. The molecule has 39 heavy (non-hydrogen) atoms. The second-order valence-electron chi connectivity index (χ2n) is 9.93.